The Morgan fingerprint density at radius 3 is 2.75 bits per heavy atom. The molecule has 1 N–H and O–H groups in total. The first-order valence-corrected chi connectivity index (χ1v) is 7.00. The van der Waals surface area contributed by atoms with Crippen LogP contribution in [-0.2, 0) is 17.7 Å². The lowest BCUT2D eigenvalue weighted by molar-refractivity contribution is 0.153. The minimum absolute atomic E-state index is 0.387. The van der Waals surface area contributed by atoms with Gasteiger partial charge in [0.25, 0.3) is 0 Å². The Balaban J connectivity index is 2.18. The summed E-state index contributed by atoms with van der Waals surface area (Å²) in [6, 6.07) is 7.43. The van der Waals surface area contributed by atoms with E-state index in [1.54, 1.807) is 17.9 Å². The predicted molar refractivity (Wildman–Crippen MR) is 79.2 cm³/mol. The second-order valence-corrected chi connectivity index (χ2v) is 5.22. The van der Waals surface area contributed by atoms with Crippen molar-refractivity contribution in [3.05, 3.63) is 51.8 Å². The maximum Gasteiger partial charge on any atom is 0.101 e. The molecule has 1 atom stereocenters. The van der Waals surface area contributed by atoms with Gasteiger partial charge >= 0.3 is 0 Å². The summed E-state index contributed by atoms with van der Waals surface area (Å²) >= 11 is 12.2. The number of nitrogens with zero attached hydrogens (tertiary/aromatic N) is 2. The highest BCUT2D eigenvalue weighted by Crippen LogP contribution is 2.28. The lowest BCUT2D eigenvalue weighted by Crippen LogP contribution is -2.14. The largest absolute Gasteiger partial charge is 0.386 e. The molecule has 1 unspecified atom stereocenters. The number of hydrogen-bond acceptors (Lipinski definition) is 3. The van der Waals surface area contributed by atoms with Crippen LogP contribution in [0.4, 0.5) is 0 Å². The van der Waals surface area contributed by atoms with Gasteiger partial charge in [0.15, 0.2) is 0 Å². The average Bonchev–Trinajstić information content (AvgIpc) is 2.80. The van der Waals surface area contributed by atoms with Crippen molar-refractivity contribution >= 4 is 23.2 Å². The number of aliphatic hydroxyl groups is 1. The van der Waals surface area contributed by atoms with Gasteiger partial charge in [-0.2, -0.15) is 5.10 Å². The monoisotopic (exact) mass is 314 g/mol. The maximum atomic E-state index is 10.4. The topological polar surface area (TPSA) is 47.3 Å². The van der Waals surface area contributed by atoms with Crippen LogP contribution in [0.5, 0.6) is 0 Å². The number of methoxy groups -OCH3 is 1. The Hall–Kier alpha value is -1.07. The fraction of sp³-hybridized carbons (Fsp3) is 0.357. The first kappa shape index (κ1) is 15.3. The average molecular weight is 315 g/mol. The molecule has 108 valence electrons. The van der Waals surface area contributed by atoms with Crippen molar-refractivity contribution in [3.8, 4) is 0 Å². The van der Waals surface area contributed by atoms with E-state index in [-0.39, 0.29) is 0 Å². The van der Waals surface area contributed by atoms with Gasteiger partial charge in [-0.05, 0) is 11.6 Å². The van der Waals surface area contributed by atoms with Gasteiger partial charge in [0.05, 0.1) is 30.1 Å². The normalized spacial score (nSPS) is 12.6. The molecule has 0 aliphatic heterocycles. The lowest BCUT2D eigenvalue weighted by Gasteiger charge is -2.15. The first-order chi connectivity index (χ1) is 9.63. The van der Waals surface area contributed by atoms with Crippen LogP contribution in [0.3, 0.4) is 0 Å². The van der Waals surface area contributed by atoms with E-state index in [0.717, 1.165) is 5.56 Å². The van der Waals surface area contributed by atoms with Gasteiger partial charge in [0.2, 0.25) is 0 Å². The molecule has 0 bridgehead atoms. The fourth-order valence-corrected chi connectivity index (χ4v) is 2.51. The van der Waals surface area contributed by atoms with E-state index in [4.69, 9.17) is 27.9 Å². The summed E-state index contributed by atoms with van der Waals surface area (Å²) < 4.78 is 6.68. The van der Waals surface area contributed by atoms with E-state index in [9.17, 15) is 5.11 Å². The third-order valence-corrected chi connectivity index (χ3v) is 3.69. The minimum atomic E-state index is -0.762. The summed E-state index contributed by atoms with van der Waals surface area (Å²) in [4.78, 5) is 0. The summed E-state index contributed by atoms with van der Waals surface area (Å²) in [5, 5.41) is 15.6. The highest BCUT2D eigenvalue weighted by Gasteiger charge is 2.19. The number of aromatic nitrogens is 2. The van der Waals surface area contributed by atoms with Gasteiger partial charge in [0, 0.05) is 18.6 Å². The standard InChI is InChI=1S/C14H16Cl2N2O2/c1-20-7-6-18-14(12(16)9-17-18)13(19)8-10-4-2-3-5-11(10)15/h2-5,9,13,19H,6-8H2,1H3. The molecule has 4 nitrogen and oxygen atoms in total. The van der Waals surface area contributed by atoms with Gasteiger partial charge in [-0.25, -0.2) is 0 Å². The van der Waals surface area contributed by atoms with E-state index in [1.807, 2.05) is 18.2 Å². The minimum Gasteiger partial charge on any atom is -0.386 e. The smallest absolute Gasteiger partial charge is 0.101 e. The fourth-order valence-electron chi connectivity index (χ4n) is 2.03. The molecule has 1 heterocycles. The molecule has 6 heteroatoms. The zero-order valence-electron chi connectivity index (χ0n) is 11.1. The molecule has 2 aromatic rings. The third-order valence-electron chi connectivity index (χ3n) is 3.03. The maximum absolute atomic E-state index is 10.4. The Morgan fingerprint density at radius 1 is 1.30 bits per heavy atom. The van der Waals surface area contributed by atoms with E-state index in [1.165, 1.54) is 6.20 Å². The van der Waals surface area contributed by atoms with Crippen molar-refractivity contribution in [3.63, 3.8) is 0 Å². The molecule has 2 rings (SSSR count). The van der Waals surface area contributed by atoms with Crippen LogP contribution in [-0.4, -0.2) is 28.6 Å². The van der Waals surface area contributed by atoms with E-state index in [2.05, 4.69) is 5.10 Å². The molecule has 0 amide bonds. The van der Waals surface area contributed by atoms with Crippen molar-refractivity contribution < 1.29 is 9.84 Å². The zero-order valence-corrected chi connectivity index (χ0v) is 12.6. The summed E-state index contributed by atoms with van der Waals surface area (Å²) in [6.45, 7) is 1.04. The SMILES string of the molecule is COCCn1ncc(Cl)c1C(O)Cc1ccccc1Cl. The Bertz CT molecular complexity index is 572. The van der Waals surface area contributed by atoms with E-state index in [0.29, 0.717) is 35.3 Å². The van der Waals surface area contributed by atoms with Crippen molar-refractivity contribution in [1.29, 1.82) is 0 Å². The van der Waals surface area contributed by atoms with Gasteiger partial charge in [-0.15, -0.1) is 0 Å². The Morgan fingerprint density at radius 2 is 2.05 bits per heavy atom. The van der Waals surface area contributed by atoms with Gasteiger partial charge in [-0.1, -0.05) is 41.4 Å². The van der Waals surface area contributed by atoms with Crippen molar-refractivity contribution in [2.24, 2.45) is 0 Å². The second-order valence-electron chi connectivity index (χ2n) is 4.41. The number of halogens is 2. The highest BCUT2D eigenvalue weighted by atomic mass is 35.5. The highest BCUT2D eigenvalue weighted by molar-refractivity contribution is 6.31. The summed E-state index contributed by atoms with van der Waals surface area (Å²) in [5.74, 6) is 0. The summed E-state index contributed by atoms with van der Waals surface area (Å²) in [6.07, 6.45) is 1.15. The molecule has 0 fully saturated rings. The van der Waals surface area contributed by atoms with Crippen LogP contribution < -0.4 is 0 Å². The Labute approximate surface area is 127 Å². The van der Waals surface area contributed by atoms with E-state index >= 15 is 0 Å². The third kappa shape index (κ3) is 3.52. The molecule has 0 saturated carbocycles. The molecule has 0 radical (unpaired) electrons. The van der Waals surface area contributed by atoms with Crippen LogP contribution >= 0.6 is 23.2 Å². The van der Waals surface area contributed by atoms with Gasteiger partial charge < -0.3 is 9.84 Å². The van der Waals surface area contributed by atoms with Crippen molar-refractivity contribution in [2.75, 3.05) is 13.7 Å². The molecule has 0 aliphatic carbocycles. The summed E-state index contributed by atoms with van der Waals surface area (Å²) in [5.41, 5.74) is 1.46. The number of ether oxygens (including phenoxy) is 1. The van der Waals surface area contributed by atoms with Crippen LogP contribution in [0.1, 0.15) is 17.4 Å². The lowest BCUT2D eigenvalue weighted by atomic mass is 10.1. The molecular weight excluding hydrogens is 299 g/mol. The van der Waals surface area contributed by atoms with Gasteiger partial charge in [0.1, 0.15) is 6.10 Å². The zero-order chi connectivity index (χ0) is 14.5. The van der Waals surface area contributed by atoms with Crippen molar-refractivity contribution in [1.82, 2.24) is 9.78 Å². The van der Waals surface area contributed by atoms with Crippen LogP contribution in [0.15, 0.2) is 30.5 Å². The number of aliphatic hydroxyl groups excluding tert-OH is 1. The molecule has 0 spiro atoms. The first-order valence-electron chi connectivity index (χ1n) is 6.25. The molecule has 1 aromatic carbocycles. The number of rotatable bonds is 6. The Kier molecular flexibility index (Phi) is 5.43. The summed E-state index contributed by atoms with van der Waals surface area (Å²) in [7, 11) is 1.62. The predicted octanol–water partition coefficient (Wildman–Crippen LogP) is 3.11. The van der Waals surface area contributed by atoms with E-state index < -0.39 is 6.10 Å². The molecule has 1 aromatic heterocycles. The molecule has 0 saturated heterocycles. The van der Waals surface area contributed by atoms with Crippen LogP contribution in [0.25, 0.3) is 0 Å². The second kappa shape index (κ2) is 7.09. The number of benzene rings is 1. The molecule has 20 heavy (non-hydrogen) atoms. The molecule has 0 aliphatic rings. The quantitative estimate of drug-likeness (QED) is 0.891. The van der Waals surface area contributed by atoms with Crippen LogP contribution in [0.2, 0.25) is 10.0 Å². The van der Waals surface area contributed by atoms with Crippen LogP contribution in [0, 0.1) is 0 Å². The molecular formula is C14H16Cl2N2O2. The van der Waals surface area contributed by atoms with Gasteiger partial charge in [-0.3, -0.25) is 4.68 Å². The number of hydrogen-bond donors (Lipinski definition) is 1. The van der Waals surface area contributed by atoms with Crippen molar-refractivity contribution in [2.45, 2.75) is 19.1 Å².